The van der Waals surface area contributed by atoms with Gasteiger partial charge in [0.15, 0.2) is 5.69 Å². The van der Waals surface area contributed by atoms with Gasteiger partial charge in [-0.1, -0.05) is 20.3 Å². The molecule has 30 heavy (non-hydrogen) atoms. The Morgan fingerprint density at radius 2 is 2.03 bits per heavy atom. The number of nitrogens with zero attached hydrogens (tertiary/aromatic N) is 4. The first-order valence-corrected chi connectivity index (χ1v) is 10.5. The number of oxazole rings is 1. The van der Waals surface area contributed by atoms with E-state index in [0.717, 1.165) is 24.1 Å². The maximum atomic E-state index is 13.6. The second kappa shape index (κ2) is 10.1. The standard InChI is InChI=1S/C21H30F2N4O3/c1-4-14(2)5-7-24-16-13-27(8-6-15(16)3)20(28)18-17(19(22)23)25-21(30-18)26-9-11-29-12-10-26/h7,14,19H,4-6,8-13H2,1-3H3. The molecule has 0 N–H and O–H groups in total. The van der Waals surface area contributed by atoms with E-state index in [2.05, 4.69) is 23.8 Å². The lowest BCUT2D eigenvalue weighted by Gasteiger charge is -2.28. The summed E-state index contributed by atoms with van der Waals surface area (Å²) in [5.74, 6) is -0.411. The Kier molecular flexibility index (Phi) is 7.58. The van der Waals surface area contributed by atoms with E-state index in [0.29, 0.717) is 45.2 Å². The number of carbonyl (C=O) groups is 1. The van der Waals surface area contributed by atoms with Crippen molar-refractivity contribution in [2.45, 2.75) is 46.5 Å². The van der Waals surface area contributed by atoms with Crippen molar-refractivity contribution in [2.75, 3.05) is 44.3 Å². The Labute approximate surface area is 175 Å². The van der Waals surface area contributed by atoms with Crippen molar-refractivity contribution >= 4 is 18.1 Å². The topological polar surface area (TPSA) is 71.2 Å². The number of anilines is 1. The predicted molar refractivity (Wildman–Crippen MR) is 110 cm³/mol. The van der Waals surface area contributed by atoms with Crippen molar-refractivity contribution in [3.8, 4) is 0 Å². The van der Waals surface area contributed by atoms with E-state index in [-0.39, 0.29) is 18.3 Å². The van der Waals surface area contributed by atoms with Crippen LogP contribution in [0.2, 0.25) is 0 Å². The van der Waals surface area contributed by atoms with Crippen LogP contribution in [0.5, 0.6) is 0 Å². The Morgan fingerprint density at radius 3 is 2.70 bits per heavy atom. The number of halogens is 2. The monoisotopic (exact) mass is 424 g/mol. The molecular weight excluding hydrogens is 394 g/mol. The second-order valence-corrected chi connectivity index (χ2v) is 7.88. The predicted octanol–water partition coefficient (Wildman–Crippen LogP) is 4.08. The lowest BCUT2D eigenvalue weighted by atomic mass is 10.1. The fourth-order valence-electron chi connectivity index (χ4n) is 3.33. The summed E-state index contributed by atoms with van der Waals surface area (Å²) in [7, 11) is 0. The summed E-state index contributed by atoms with van der Waals surface area (Å²) in [5.41, 5.74) is 1.32. The van der Waals surface area contributed by atoms with Crippen molar-refractivity contribution in [3.05, 3.63) is 22.7 Å². The first kappa shape index (κ1) is 22.4. The molecule has 1 unspecified atom stereocenters. The summed E-state index contributed by atoms with van der Waals surface area (Å²) in [5, 5.41) is 0. The van der Waals surface area contributed by atoms with Crippen LogP contribution in [-0.2, 0) is 4.74 Å². The molecule has 1 fully saturated rings. The average molecular weight is 424 g/mol. The van der Waals surface area contributed by atoms with Crippen LogP contribution in [0.3, 0.4) is 0 Å². The van der Waals surface area contributed by atoms with Crippen molar-refractivity contribution in [2.24, 2.45) is 10.9 Å². The number of morpholine rings is 1. The van der Waals surface area contributed by atoms with Crippen LogP contribution in [0.25, 0.3) is 0 Å². The number of ether oxygens (including phenoxy) is 1. The number of carbonyl (C=O) groups excluding carboxylic acids is 1. The highest BCUT2D eigenvalue weighted by molar-refractivity contribution is 5.93. The van der Waals surface area contributed by atoms with E-state index < -0.39 is 18.0 Å². The van der Waals surface area contributed by atoms with Gasteiger partial charge in [0.25, 0.3) is 18.3 Å². The third-order valence-corrected chi connectivity index (χ3v) is 5.65. The summed E-state index contributed by atoms with van der Waals surface area (Å²) >= 11 is 0. The summed E-state index contributed by atoms with van der Waals surface area (Å²) in [4.78, 5) is 24.8. The number of aliphatic imine (C=N–C) groups is 1. The zero-order valence-electron chi connectivity index (χ0n) is 17.9. The van der Waals surface area contributed by atoms with Gasteiger partial charge in [0, 0.05) is 25.8 Å². The Hall–Kier alpha value is -2.29. The molecule has 9 heteroatoms. The van der Waals surface area contributed by atoms with E-state index in [4.69, 9.17) is 9.15 Å². The fraction of sp³-hybridized carbons (Fsp3) is 0.667. The largest absolute Gasteiger partial charge is 0.418 e. The van der Waals surface area contributed by atoms with Crippen molar-refractivity contribution in [1.82, 2.24) is 9.88 Å². The van der Waals surface area contributed by atoms with Crippen LogP contribution in [-0.4, -0.2) is 61.4 Å². The molecule has 1 aromatic heterocycles. The van der Waals surface area contributed by atoms with Gasteiger partial charge in [0.1, 0.15) is 0 Å². The highest BCUT2D eigenvalue weighted by atomic mass is 19.3. The lowest BCUT2D eigenvalue weighted by molar-refractivity contribution is 0.0714. The third-order valence-electron chi connectivity index (χ3n) is 5.65. The summed E-state index contributed by atoms with van der Waals surface area (Å²) < 4.78 is 38.0. The van der Waals surface area contributed by atoms with Crippen molar-refractivity contribution in [1.29, 1.82) is 0 Å². The summed E-state index contributed by atoms with van der Waals surface area (Å²) in [6.07, 6.45) is 1.58. The molecular formula is C21H30F2N4O3. The first-order chi connectivity index (χ1) is 14.4. The molecule has 0 bridgehead atoms. The number of alkyl halides is 2. The van der Waals surface area contributed by atoms with Crippen LogP contribution in [0, 0.1) is 5.92 Å². The molecule has 3 heterocycles. The Morgan fingerprint density at radius 1 is 1.30 bits per heavy atom. The molecule has 1 saturated heterocycles. The summed E-state index contributed by atoms with van der Waals surface area (Å²) in [6.45, 7) is 8.89. The van der Waals surface area contributed by atoms with Crippen LogP contribution in [0.1, 0.15) is 62.7 Å². The SMILES string of the molecule is CCC(C)CC=NC1=C(C)CCN(C(=O)c2oc(N3CCOCC3)nc2C(F)F)C1. The van der Waals surface area contributed by atoms with Crippen LogP contribution in [0.15, 0.2) is 20.7 Å². The highest BCUT2D eigenvalue weighted by Gasteiger charge is 2.33. The van der Waals surface area contributed by atoms with E-state index >= 15 is 0 Å². The van der Waals surface area contributed by atoms with E-state index in [9.17, 15) is 13.6 Å². The summed E-state index contributed by atoms with van der Waals surface area (Å²) in [6, 6.07) is 0.0486. The molecule has 0 saturated carbocycles. The molecule has 0 aromatic carbocycles. The minimum atomic E-state index is -2.89. The molecule has 0 aliphatic carbocycles. The van der Waals surface area contributed by atoms with Crippen LogP contribution >= 0.6 is 0 Å². The molecule has 0 radical (unpaired) electrons. The average Bonchev–Trinajstić information content (AvgIpc) is 3.21. The molecule has 7 nitrogen and oxygen atoms in total. The van der Waals surface area contributed by atoms with E-state index in [1.807, 2.05) is 13.1 Å². The van der Waals surface area contributed by atoms with Gasteiger partial charge < -0.3 is 19.0 Å². The van der Waals surface area contributed by atoms with Gasteiger partial charge in [-0.15, -0.1) is 0 Å². The number of hydrogen-bond donors (Lipinski definition) is 0. The fourth-order valence-corrected chi connectivity index (χ4v) is 3.33. The molecule has 1 amide bonds. The minimum Gasteiger partial charge on any atom is -0.418 e. The number of hydrogen-bond acceptors (Lipinski definition) is 6. The highest BCUT2D eigenvalue weighted by Crippen LogP contribution is 2.30. The van der Waals surface area contributed by atoms with E-state index in [1.54, 1.807) is 4.90 Å². The Balaban J connectivity index is 1.76. The molecule has 2 aliphatic rings. The van der Waals surface area contributed by atoms with Crippen molar-refractivity contribution < 1.29 is 22.7 Å². The zero-order valence-corrected chi connectivity index (χ0v) is 17.9. The molecule has 2 aliphatic heterocycles. The van der Waals surface area contributed by atoms with Crippen molar-refractivity contribution in [3.63, 3.8) is 0 Å². The van der Waals surface area contributed by atoms with Gasteiger partial charge >= 0.3 is 0 Å². The molecule has 1 atom stereocenters. The smallest absolute Gasteiger partial charge is 0.298 e. The Bertz CT molecular complexity index is 800. The van der Waals surface area contributed by atoms with Gasteiger partial charge in [-0.25, -0.2) is 8.78 Å². The van der Waals surface area contributed by atoms with Gasteiger partial charge in [-0.3, -0.25) is 9.79 Å². The zero-order chi connectivity index (χ0) is 21.7. The molecule has 3 rings (SSSR count). The number of amides is 1. The third kappa shape index (κ3) is 5.24. The number of rotatable bonds is 7. The van der Waals surface area contributed by atoms with Gasteiger partial charge in [-0.2, -0.15) is 4.98 Å². The molecule has 1 aromatic rings. The molecule has 0 spiro atoms. The van der Waals surface area contributed by atoms with Gasteiger partial charge in [0.05, 0.1) is 25.5 Å². The molecule has 166 valence electrons. The second-order valence-electron chi connectivity index (χ2n) is 7.88. The lowest BCUT2D eigenvalue weighted by Crippen LogP contribution is -2.37. The van der Waals surface area contributed by atoms with E-state index in [1.165, 1.54) is 4.90 Å². The minimum absolute atomic E-state index is 0.0486. The quantitative estimate of drug-likeness (QED) is 0.617. The number of aromatic nitrogens is 1. The van der Waals surface area contributed by atoms with Gasteiger partial charge in [-0.05, 0) is 31.3 Å². The maximum absolute atomic E-state index is 13.6. The maximum Gasteiger partial charge on any atom is 0.298 e. The first-order valence-electron chi connectivity index (χ1n) is 10.5. The normalized spacial score (nSPS) is 19.3. The van der Waals surface area contributed by atoms with Crippen LogP contribution < -0.4 is 4.90 Å². The van der Waals surface area contributed by atoms with Gasteiger partial charge in [0.2, 0.25) is 5.76 Å². The van der Waals surface area contributed by atoms with Crippen LogP contribution in [0.4, 0.5) is 14.8 Å².